The molecule has 0 radical (unpaired) electrons. The predicted octanol–water partition coefficient (Wildman–Crippen LogP) is 2.33. The second-order valence-corrected chi connectivity index (χ2v) is 5.74. The molecule has 2 aliphatic rings. The van der Waals surface area contributed by atoms with E-state index in [0.29, 0.717) is 13.2 Å². The molecule has 0 spiro atoms. The average molecular weight is 288 g/mol. The normalized spacial score (nSPS) is 21.0. The molecule has 1 aliphatic carbocycles. The molecular formula is C16H20N2O3. The van der Waals surface area contributed by atoms with Gasteiger partial charge in [-0.25, -0.2) is 4.79 Å². The maximum atomic E-state index is 10.8. The molecular weight excluding hydrogens is 268 g/mol. The zero-order chi connectivity index (χ0) is 14.7. The number of phenols is 1. The van der Waals surface area contributed by atoms with Crippen molar-refractivity contribution in [3.63, 3.8) is 0 Å². The molecule has 0 aromatic heterocycles. The van der Waals surface area contributed by atoms with E-state index in [9.17, 15) is 9.90 Å². The topological polar surface area (TPSA) is 62.1 Å². The minimum Gasteiger partial charge on any atom is -0.508 e. The van der Waals surface area contributed by atoms with Gasteiger partial charge in [0.15, 0.2) is 0 Å². The highest BCUT2D eigenvalue weighted by Crippen LogP contribution is 2.46. The number of hydrogen-bond donors (Lipinski definition) is 1. The number of hydrogen-bond acceptors (Lipinski definition) is 5. The van der Waals surface area contributed by atoms with Gasteiger partial charge in [-0.15, -0.1) is 0 Å². The lowest BCUT2D eigenvalue weighted by Gasteiger charge is -2.31. The van der Waals surface area contributed by atoms with Crippen molar-refractivity contribution in [2.45, 2.75) is 31.2 Å². The van der Waals surface area contributed by atoms with E-state index in [0.717, 1.165) is 50.0 Å². The summed E-state index contributed by atoms with van der Waals surface area (Å²) in [7, 11) is 0. The molecule has 0 bridgehead atoms. The molecule has 3 rings (SSSR count). The summed E-state index contributed by atoms with van der Waals surface area (Å²) < 4.78 is 5.37. The van der Waals surface area contributed by atoms with Crippen molar-refractivity contribution in [3.05, 3.63) is 23.8 Å². The van der Waals surface area contributed by atoms with Crippen LogP contribution in [-0.4, -0.2) is 37.5 Å². The van der Waals surface area contributed by atoms with E-state index < -0.39 is 5.54 Å². The molecule has 21 heavy (non-hydrogen) atoms. The quantitative estimate of drug-likeness (QED) is 0.685. The van der Waals surface area contributed by atoms with E-state index >= 15 is 0 Å². The third kappa shape index (κ3) is 2.67. The maximum Gasteiger partial charge on any atom is 0.235 e. The summed E-state index contributed by atoms with van der Waals surface area (Å²) in [5, 5.41) is 10.3. The van der Waals surface area contributed by atoms with Crippen molar-refractivity contribution in [1.29, 1.82) is 0 Å². The lowest BCUT2D eigenvalue weighted by atomic mass is 9.87. The molecule has 1 saturated heterocycles. The highest BCUT2D eigenvalue weighted by molar-refractivity contribution is 5.56. The molecule has 5 heteroatoms. The van der Waals surface area contributed by atoms with Gasteiger partial charge in [0.1, 0.15) is 11.3 Å². The van der Waals surface area contributed by atoms with Gasteiger partial charge in [0.2, 0.25) is 6.08 Å². The molecule has 5 nitrogen and oxygen atoms in total. The Kier molecular flexibility index (Phi) is 3.95. The van der Waals surface area contributed by atoms with Gasteiger partial charge in [-0.1, -0.05) is 12.8 Å². The molecule has 1 saturated carbocycles. The summed E-state index contributed by atoms with van der Waals surface area (Å²) in [5.74, 6) is 0.216. The van der Waals surface area contributed by atoms with Crippen molar-refractivity contribution in [1.82, 2.24) is 0 Å². The van der Waals surface area contributed by atoms with E-state index in [4.69, 9.17) is 4.74 Å². The summed E-state index contributed by atoms with van der Waals surface area (Å²) >= 11 is 0. The summed E-state index contributed by atoms with van der Waals surface area (Å²) in [6.45, 7) is 3.12. The number of aliphatic imine (C=N–C) groups is 1. The Morgan fingerprint density at radius 1 is 1.24 bits per heavy atom. The molecule has 1 aromatic carbocycles. The largest absolute Gasteiger partial charge is 0.508 e. The number of ether oxygens (including phenoxy) is 1. The third-order valence-corrected chi connectivity index (χ3v) is 4.55. The first-order valence-electron chi connectivity index (χ1n) is 7.50. The van der Waals surface area contributed by atoms with Gasteiger partial charge in [-0.3, -0.25) is 0 Å². The minimum absolute atomic E-state index is 0.216. The fourth-order valence-electron chi connectivity index (χ4n) is 3.40. The zero-order valence-electron chi connectivity index (χ0n) is 12.0. The van der Waals surface area contributed by atoms with Crippen LogP contribution in [0.3, 0.4) is 0 Å². The fraction of sp³-hybridized carbons (Fsp3) is 0.562. The number of aromatic hydroxyl groups is 1. The van der Waals surface area contributed by atoms with Gasteiger partial charge in [0.05, 0.1) is 13.2 Å². The van der Waals surface area contributed by atoms with Crippen LogP contribution in [0.4, 0.5) is 5.69 Å². The highest BCUT2D eigenvalue weighted by atomic mass is 16.5. The summed E-state index contributed by atoms with van der Waals surface area (Å²) in [5.41, 5.74) is 1.22. The second-order valence-electron chi connectivity index (χ2n) is 5.74. The lowest BCUT2D eigenvalue weighted by Crippen LogP contribution is -2.36. The first-order valence-corrected chi connectivity index (χ1v) is 7.50. The Hall–Kier alpha value is -1.84. The molecule has 1 heterocycles. The van der Waals surface area contributed by atoms with Gasteiger partial charge >= 0.3 is 0 Å². The van der Waals surface area contributed by atoms with Gasteiger partial charge in [0.25, 0.3) is 0 Å². The molecule has 1 aromatic rings. The monoisotopic (exact) mass is 288 g/mol. The van der Waals surface area contributed by atoms with E-state index in [1.807, 2.05) is 12.1 Å². The standard InChI is InChI=1S/C16H20N2O3/c19-12-17-16(5-1-2-6-16)14-11-13(3-4-15(14)20)18-7-9-21-10-8-18/h3-4,11,20H,1-2,5-10H2. The van der Waals surface area contributed by atoms with Crippen molar-refractivity contribution in [2.75, 3.05) is 31.2 Å². The molecule has 0 atom stereocenters. The van der Waals surface area contributed by atoms with E-state index in [1.54, 1.807) is 12.1 Å². The summed E-state index contributed by atoms with van der Waals surface area (Å²) in [6, 6.07) is 5.60. The van der Waals surface area contributed by atoms with Gasteiger partial charge < -0.3 is 14.7 Å². The van der Waals surface area contributed by atoms with Crippen LogP contribution in [-0.2, 0) is 15.1 Å². The van der Waals surface area contributed by atoms with Crippen LogP contribution in [0, 0.1) is 0 Å². The molecule has 112 valence electrons. The maximum absolute atomic E-state index is 10.8. The van der Waals surface area contributed by atoms with E-state index in [1.165, 1.54) is 0 Å². The van der Waals surface area contributed by atoms with Gasteiger partial charge in [-0.2, -0.15) is 4.99 Å². The van der Waals surface area contributed by atoms with Crippen LogP contribution in [0.1, 0.15) is 31.2 Å². The highest BCUT2D eigenvalue weighted by Gasteiger charge is 2.38. The first-order chi connectivity index (χ1) is 10.2. The number of benzene rings is 1. The predicted molar refractivity (Wildman–Crippen MR) is 79.4 cm³/mol. The summed E-state index contributed by atoms with van der Waals surface area (Å²) in [4.78, 5) is 17.1. The number of phenolic OH excluding ortho intramolecular Hbond substituents is 1. The van der Waals surface area contributed by atoms with Crippen LogP contribution in [0.2, 0.25) is 0 Å². The Bertz CT molecular complexity index is 555. The number of rotatable bonds is 3. The van der Waals surface area contributed by atoms with Gasteiger partial charge in [0, 0.05) is 24.3 Å². The molecule has 1 N–H and O–H groups in total. The van der Waals surface area contributed by atoms with Gasteiger partial charge in [-0.05, 0) is 31.0 Å². The smallest absolute Gasteiger partial charge is 0.235 e. The Morgan fingerprint density at radius 3 is 2.62 bits per heavy atom. The zero-order valence-corrected chi connectivity index (χ0v) is 12.0. The van der Waals surface area contributed by atoms with E-state index in [2.05, 4.69) is 9.89 Å². The Morgan fingerprint density at radius 2 is 1.95 bits per heavy atom. The molecule has 1 aliphatic heterocycles. The number of anilines is 1. The Balaban J connectivity index is 1.98. The van der Waals surface area contributed by atoms with Crippen LogP contribution in [0.25, 0.3) is 0 Å². The fourth-order valence-corrected chi connectivity index (χ4v) is 3.40. The van der Waals surface area contributed by atoms with Crippen LogP contribution < -0.4 is 4.90 Å². The average Bonchev–Trinajstić information content (AvgIpc) is 2.98. The second kappa shape index (κ2) is 5.88. The van der Waals surface area contributed by atoms with Crippen molar-refractivity contribution in [2.24, 2.45) is 4.99 Å². The van der Waals surface area contributed by atoms with E-state index in [-0.39, 0.29) is 5.75 Å². The third-order valence-electron chi connectivity index (χ3n) is 4.55. The number of nitrogens with zero attached hydrogens (tertiary/aromatic N) is 2. The number of carbonyl (C=O) groups excluding carboxylic acids is 1. The van der Waals surface area contributed by atoms with Crippen LogP contribution in [0.5, 0.6) is 5.75 Å². The molecule has 2 fully saturated rings. The van der Waals surface area contributed by atoms with Crippen LogP contribution >= 0.6 is 0 Å². The Labute approximate surface area is 124 Å². The van der Waals surface area contributed by atoms with Crippen LogP contribution in [0.15, 0.2) is 23.2 Å². The van der Waals surface area contributed by atoms with Crippen molar-refractivity contribution < 1.29 is 14.6 Å². The lowest BCUT2D eigenvalue weighted by molar-refractivity contribution is 0.122. The van der Waals surface area contributed by atoms with Crippen molar-refractivity contribution >= 4 is 11.8 Å². The first kappa shape index (κ1) is 14.1. The van der Waals surface area contributed by atoms with Crippen molar-refractivity contribution in [3.8, 4) is 5.75 Å². The molecule has 0 unspecified atom stereocenters. The SMILES string of the molecule is O=C=NC1(c2cc(N3CCOCC3)ccc2O)CCCC1. The number of isocyanates is 1. The number of morpholine rings is 1. The molecule has 0 amide bonds. The minimum atomic E-state index is -0.589. The summed E-state index contributed by atoms with van der Waals surface area (Å²) in [6.07, 6.45) is 5.33.